The lowest BCUT2D eigenvalue weighted by atomic mass is 9.85. The predicted octanol–water partition coefficient (Wildman–Crippen LogP) is 5.96. The highest BCUT2D eigenvalue weighted by atomic mass is 32.1. The molecular formula is C32H50N4O3S. The average Bonchev–Trinajstić information content (AvgIpc) is 3.53. The van der Waals surface area contributed by atoms with Crippen LogP contribution < -0.4 is 10.6 Å². The van der Waals surface area contributed by atoms with E-state index in [1.807, 2.05) is 24.6 Å². The fourth-order valence-electron chi connectivity index (χ4n) is 5.05. The lowest BCUT2D eigenvalue weighted by Gasteiger charge is -2.36. The van der Waals surface area contributed by atoms with Gasteiger partial charge in [-0.1, -0.05) is 58.9 Å². The van der Waals surface area contributed by atoms with Crippen LogP contribution >= 0.6 is 11.3 Å². The molecule has 2 heterocycles. The molecule has 3 rings (SSSR count). The van der Waals surface area contributed by atoms with E-state index in [0.29, 0.717) is 32.0 Å². The van der Waals surface area contributed by atoms with Gasteiger partial charge in [0, 0.05) is 19.7 Å². The molecule has 2 N–H and O–H groups in total. The molecule has 0 radical (unpaired) electrons. The monoisotopic (exact) mass is 570 g/mol. The van der Waals surface area contributed by atoms with Crippen LogP contribution in [0.3, 0.4) is 0 Å². The maximum atomic E-state index is 13.8. The number of ether oxygens (including phenoxy) is 1. The Balaban J connectivity index is 1.56. The fraction of sp³-hybridized carbons (Fsp3) is 0.656. The van der Waals surface area contributed by atoms with Gasteiger partial charge in [-0.15, -0.1) is 11.3 Å². The first-order valence-corrected chi connectivity index (χ1v) is 15.6. The number of likely N-dealkylation sites (tertiary alicyclic amines) is 1. The largest absolute Gasteiger partial charge is 0.376 e. The topological polar surface area (TPSA) is 83.6 Å². The zero-order valence-electron chi connectivity index (χ0n) is 25.8. The lowest BCUT2D eigenvalue weighted by molar-refractivity contribution is -0.142. The second kappa shape index (κ2) is 14.1. The molecule has 222 valence electrons. The number of nitrogens with zero attached hydrogens (tertiary/aromatic N) is 2. The van der Waals surface area contributed by atoms with Crippen LogP contribution in [-0.4, -0.2) is 59.1 Å². The first kappa shape index (κ1) is 32.2. The summed E-state index contributed by atoms with van der Waals surface area (Å²) in [5, 5.41) is 6.60. The molecule has 1 saturated heterocycles. The number of amides is 2. The number of aromatic nitrogens is 1. The molecule has 2 atom stereocenters. The molecule has 7 nitrogen and oxygen atoms in total. The van der Waals surface area contributed by atoms with Crippen molar-refractivity contribution in [2.24, 2.45) is 11.3 Å². The van der Waals surface area contributed by atoms with Gasteiger partial charge in [0.2, 0.25) is 11.8 Å². The molecule has 1 aliphatic rings. The van der Waals surface area contributed by atoms with Crippen molar-refractivity contribution in [3.05, 3.63) is 41.0 Å². The van der Waals surface area contributed by atoms with Crippen LogP contribution in [0.4, 0.5) is 0 Å². The Bertz CT molecular complexity index is 1100. The Morgan fingerprint density at radius 2 is 1.85 bits per heavy atom. The Labute approximate surface area is 245 Å². The number of thiazole rings is 1. The maximum absolute atomic E-state index is 13.8. The lowest BCUT2D eigenvalue weighted by Crippen LogP contribution is -2.57. The van der Waals surface area contributed by atoms with Crippen molar-refractivity contribution in [1.29, 1.82) is 0 Å². The Hall–Kier alpha value is -2.29. The summed E-state index contributed by atoms with van der Waals surface area (Å²) >= 11 is 1.63. The van der Waals surface area contributed by atoms with Crippen LogP contribution in [0.2, 0.25) is 0 Å². The Kier molecular flexibility index (Phi) is 11.3. The molecule has 8 heteroatoms. The standard InChI is InChI=1S/C32H50N4O3S/c1-22(2)15-19-39-32(7,8)16-17-33-28(31(4,5)6)30(38)36-18-9-10-26(36)29(37)34-20-24-11-13-25(14-12-24)27-23(3)35-21-40-27/h11-14,21-22,26,28,33H,9-10,15-20H2,1-8H3,(H,34,37)/t26-,28?/m0/s1. The second-order valence-corrected chi connectivity index (χ2v) is 14.0. The number of hydrogen-bond acceptors (Lipinski definition) is 6. The molecule has 0 bridgehead atoms. The van der Waals surface area contributed by atoms with Crippen LogP contribution in [0.15, 0.2) is 29.8 Å². The number of carbonyl (C=O) groups is 2. The zero-order chi connectivity index (χ0) is 29.5. The third-order valence-corrected chi connectivity index (χ3v) is 8.62. The fourth-order valence-corrected chi connectivity index (χ4v) is 5.87. The third kappa shape index (κ3) is 9.11. The van der Waals surface area contributed by atoms with E-state index in [9.17, 15) is 9.59 Å². The number of aryl methyl sites for hydroxylation is 1. The highest BCUT2D eigenvalue weighted by molar-refractivity contribution is 7.13. The van der Waals surface area contributed by atoms with Crippen LogP contribution in [-0.2, 0) is 20.9 Å². The maximum Gasteiger partial charge on any atom is 0.243 e. The molecule has 1 unspecified atom stereocenters. The number of nitrogens with one attached hydrogen (secondary N) is 2. The first-order chi connectivity index (χ1) is 18.8. The number of rotatable bonds is 13. The van der Waals surface area contributed by atoms with Crippen molar-refractivity contribution < 1.29 is 14.3 Å². The molecule has 0 aliphatic carbocycles. The van der Waals surface area contributed by atoms with Gasteiger partial charge in [0.25, 0.3) is 0 Å². The van der Waals surface area contributed by atoms with Gasteiger partial charge in [0.15, 0.2) is 0 Å². The molecule has 0 spiro atoms. The number of hydrogen-bond donors (Lipinski definition) is 2. The van der Waals surface area contributed by atoms with E-state index in [4.69, 9.17) is 4.74 Å². The van der Waals surface area contributed by atoms with Crippen LogP contribution in [0, 0.1) is 18.3 Å². The smallest absolute Gasteiger partial charge is 0.243 e. The van der Waals surface area contributed by atoms with Crippen LogP contribution in [0.25, 0.3) is 10.4 Å². The minimum atomic E-state index is -0.436. The Morgan fingerprint density at radius 3 is 2.45 bits per heavy atom. The van der Waals surface area contributed by atoms with Gasteiger partial charge in [-0.2, -0.15) is 0 Å². The molecule has 1 aromatic carbocycles. The summed E-state index contributed by atoms with van der Waals surface area (Å²) in [4.78, 5) is 34.3. The first-order valence-electron chi connectivity index (χ1n) is 14.7. The Morgan fingerprint density at radius 1 is 1.15 bits per heavy atom. The van der Waals surface area contributed by atoms with Crippen molar-refractivity contribution >= 4 is 23.2 Å². The van der Waals surface area contributed by atoms with Gasteiger partial charge in [-0.25, -0.2) is 4.98 Å². The summed E-state index contributed by atoms with van der Waals surface area (Å²) in [5.41, 5.74) is 4.50. The zero-order valence-corrected chi connectivity index (χ0v) is 26.6. The van der Waals surface area contributed by atoms with E-state index in [-0.39, 0.29) is 28.9 Å². The molecule has 2 amide bonds. The summed E-state index contributed by atoms with van der Waals surface area (Å²) < 4.78 is 6.12. The van der Waals surface area contributed by atoms with Gasteiger partial charge in [0.1, 0.15) is 6.04 Å². The average molecular weight is 571 g/mol. The molecular weight excluding hydrogens is 520 g/mol. The molecule has 2 aromatic rings. The second-order valence-electron chi connectivity index (χ2n) is 13.2. The molecule has 0 saturated carbocycles. The van der Waals surface area contributed by atoms with Crippen molar-refractivity contribution in [3.8, 4) is 10.4 Å². The summed E-state index contributed by atoms with van der Waals surface area (Å²) in [6.45, 7) is 19.3. The van der Waals surface area contributed by atoms with Crippen LogP contribution in [0.1, 0.15) is 85.4 Å². The van der Waals surface area contributed by atoms with Gasteiger partial charge in [-0.3, -0.25) is 9.59 Å². The van der Waals surface area contributed by atoms with E-state index in [1.54, 1.807) is 16.2 Å². The molecule has 1 aromatic heterocycles. The summed E-state index contributed by atoms with van der Waals surface area (Å²) in [6.07, 6.45) is 3.36. The number of benzene rings is 1. The summed E-state index contributed by atoms with van der Waals surface area (Å²) in [7, 11) is 0. The van der Waals surface area contributed by atoms with Gasteiger partial charge < -0.3 is 20.3 Å². The van der Waals surface area contributed by atoms with Crippen molar-refractivity contribution in [2.45, 2.75) is 105 Å². The predicted molar refractivity (Wildman–Crippen MR) is 164 cm³/mol. The van der Waals surface area contributed by atoms with Gasteiger partial charge in [0.05, 0.1) is 27.7 Å². The van der Waals surface area contributed by atoms with Crippen LogP contribution in [0.5, 0.6) is 0 Å². The number of carbonyl (C=O) groups excluding carboxylic acids is 2. The summed E-state index contributed by atoms with van der Waals surface area (Å²) in [6, 6.07) is 7.41. The van der Waals surface area contributed by atoms with E-state index >= 15 is 0 Å². The van der Waals surface area contributed by atoms with Crippen molar-refractivity contribution in [3.63, 3.8) is 0 Å². The quantitative estimate of drug-likeness (QED) is 0.310. The SMILES string of the molecule is Cc1ncsc1-c1ccc(CNC(=O)[C@@H]2CCCN2C(=O)C(NCCC(C)(C)OCCC(C)C)C(C)(C)C)cc1. The van der Waals surface area contributed by atoms with Crippen molar-refractivity contribution in [1.82, 2.24) is 20.5 Å². The van der Waals surface area contributed by atoms with E-state index in [1.165, 1.54) is 4.88 Å². The third-order valence-electron chi connectivity index (χ3n) is 7.64. The molecule has 1 fully saturated rings. The molecule has 40 heavy (non-hydrogen) atoms. The van der Waals surface area contributed by atoms with E-state index in [0.717, 1.165) is 42.7 Å². The highest BCUT2D eigenvalue weighted by Crippen LogP contribution is 2.28. The van der Waals surface area contributed by atoms with E-state index < -0.39 is 6.04 Å². The molecule has 1 aliphatic heterocycles. The van der Waals surface area contributed by atoms with Gasteiger partial charge >= 0.3 is 0 Å². The van der Waals surface area contributed by atoms with Gasteiger partial charge in [-0.05, 0) is 75.5 Å². The minimum Gasteiger partial charge on any atom is -0.376 e. The normalized spacial score (nSPS) is 16.9. The highest BCUT2D eigenvalue weighted by Gasteiger charge is 2.41. The van der Waals surface area contributed by atoms with E-state index in [2.05, 4.69) is 76.2 Å². The summed E-state index contributed by atoms with van der Waals surface area (Å²) in [5.74, 6) is 0.537. The minimum absolute atomic E-state index is 0.00737. The van der Waals surface area contributed by atoms with Crippen molar-refractivity contribution in [2.75, 3.05) is 19.7 Å².